The molecule has 1 heterocycles. The summed E-state index contributed by atoms with van der Waals surface area (Å²) in [7, 11) is 1.51. The Morgan fingerprint density at radius 1 is 1.36 bits per heavy atom. The highest BCUT2D eigenvalue weighted by Gasteiger charge is 2.30. The average Bonchev–Trinajstić information content (AvgIpc) is 2.69. The Hall–Kier alpha value is -3.21. The minimum absolute atomic E-state index is 0.0952. The van der Waals surface area contributed by atoms with E-state index in [1.165, 1.54) is 19.3 Å². The van der Waals surface area contributed by atoms with Gasteiger partial charge in [0.15, 0.2) is 18.1 Å². The first-order valence-electron chi connectivity index (χ1n) is 8.83. The summed E-state index contributed by atoms with van der Waals surface area (Å²) in [5.41, 5.74) is -0.375. The standard InChI is InChI=1S/C20H24N2O6/c1-13(2)20(3,12-21)22-17(23)11-28-18(24)6-5-14-9-15(25-4)19-16(10-14)26-7-8-27-19/h5-6,9-10,13H,7-8,11H2,1-4H3,(H,22,23)/b6-5+/t20-/m0/s1. The lowest BCUT2D eigenvalue weighted by atomic mass is 9.90. The fourth-order valence-electron chi connectivity index (χ4n) is 2.37. The number of methoxy groups -OCH3 is 1. The molecule has 1 aromatic carbocycles. The van der Waals surface area contributed by atoms with Gasteiger partial charge in [-0.25, -0.2) is 4.79 Å². The SMILES string of the molecule is COc1cc(/C=C/C(=O)OCC(=O)N[C@@](C)(C#N)C(C)C)cc2c1OCCO2. The number of hydrogen-bond acceptors (Lipinski definition) is 7. The topological polar surface area (TPSA) is 107 Å². The maximum Gasteiger partial charge on any atom is 0.331 e. The number of nitriles is 1. The number of rotatable bonds is 7. The molecule has 1 atom stereocenters. The molecule has 28 heavy (non-hydrogen) atoms. The van der Waals surface area contributed by atoms with Crippen LogP contribution in [0.3, 0.4) is 0 Å². The molecule has 0 unspecified atom stereocenters. The van der Waals surface area contributed by atoms with Gasteiger partial charge in [0, 0.05) is 6.08 Å². The van der Waals surface area contributed by atoms with Crippen molar-refractivity contribution in [2.45, 2.75) is 26.3 Å². The van der Waals surface area contributed by atoms with Crippen molar-refractivity contribution < 1.29 is 28.5 Å². The lowest BCUT2D eigenvalue weighted by Gasteiger charge is -2.27. The molecule has 1 N–H and O–H groups in total. The van der Waals surface area contributed by atoms with Crippen molar-refractivity contribution in [3.05, 3.63) is 23.8 Å². The molecule has 0 bridgehead atoms. The van der Waals surface area contributed by atoms with Crippen molar-refractivity contribution in [3.8, 4) is 23.3 Å². The highest BCUT2D eigenvalue weighted by atomic mass is 16.6. The number of ether oxygens (including phenoxy) is 4. The minimum Gasteiger partial charge on any atom is -0.493 e. The number of hydrogen-bond donors (Lipinski definition) is 1. The Bertz CT molecular complexity index is 794. The maximum absolute atomic E-state index is 11.9. The van der Waals surface area contributed by atoms with Gasteiger partial charge in [-0.05, 0) is 36.6 Å². The van der Waals surface area contributed by atoms with Crippen LogP contribution in [0.25, 0.3) is 6.08 Å². The summed E-state index contributed by atoms with van der Waals surface area (Å²) >= 11 is 0. The van der Waals surface area contributed by atoms with Crippen LogP contribution in [-0.4, -0.2) is 44.3 Å². The van der Waals surface area contributed by atoms with E-state index in [1.807, 2.05) is 13.8 Å². The van der Waals surface area contributed by atoms with Crippen LogP contribution in [0.5, 0.6) is 17.2 Å². The summed E-state index contributed by atoms with van der Waals surface area (Å²) in [6, 6.07) is 5.47. The van der Waals surface area contributed by atoms with Gasteiger partial charge in [-0.1, -0.05) is 13.8 Å². The van der Waals surface area contributed by atoms with E-state index in [-0.39, 0.29) is 5.92 Å². The molecular formula is C20H24N2O6. The third-order valence-corrected chi connectivity index (χ3v) is 4.39. The van der Waals surface area contributed by atoms with E-state index < -0.39 is 24.0 Å². The van der Waals surface area contributed by atoms with E-state index in [9.17, 15) is 14.9 Å². The lowest BCUT2D eigenvalue weighted by Crippen LogP contribution is -2.50. The largest absolute Gasteiger partial charge is 0.493 e. The molecule has 0 radical (unpaired) electrons. The Morgan fingerprint density at radius 3 is 2.71 bits per heavy atom. The van der Waals surface area contributed by atoms with Gasteiger partial charge in [-0.3, -0.25) is 4.79 Å². The zero-order valence-electron chi connectivity index (χ0n) is 16.4. The second-order valence-corrected chi connectivity index (χ2v) is 6.71. The Morgan fingerprint density at radius 2 is 2.07 bits per heavy atom. The molecular weight excluding hydrogens is 364 g/mol. The first-order valence-corrected chi connectivity index (χ1v) is 8.83. The van der Waals surface area contributed by atoms with Gasteiger partial charge in [0.2, 0.25) is 5.75 Å². The minimum atomic E-state index is -1.03. The van der Waals surface area contributed by atoms with Gasteiger partial charge >= 0.3 is 5.97 Å². The van der Waals surface area contributed by atoms with E-state index in [0.29, 0.717) is 36.0 Å². The summed E-state index contributed by atoms with van der Waals surface area (Å²) < 4.78 is 21.3. The number of benzene rings is 1. The molecule has 1 aliphatic heterocycles. The first-order chi connectivity index (χ1) is 13.3. The van der Waals surface area contributed by atoms with Crippen molar-refractivity contribution >= 4 is 18.0 Å². The van der Waals surface area contributed by atoms with Gasteiger partial charge in [-0.15, -0.1) is 0 Å². The van der Waals surface area contributed by atoms with Crippen LogP contribution in [0.4, 0.5) is 0 Å². The van der Waals surface area contributed by atoms with E-state index in [4.69, 9.17) is 18.9 Å². The zero-order chi connectivity index (χ0) is 20.7. The molecule has 0 fully saturated rings. The summed E-state index contributed by atoms with van der Waals surface area (Å²) in [6.45, 7) is 5.65. The molecule has 150 valence electrons. The molecule has 8 heteroatoms. The number of fused-ring (bicyclic) bond motifs is 1. The molecule has 0 aliphatic carbocycles. The highest BCUT2D eigenvalue weighted by molar-refractivity contribution is 5.89. The van der Waals surface area contributed by atoms with Crippen molar-refractivity contribution in [2.75, 3.05) is 26.9 Å². The summed E-state index contributed by atoms with van der Waals surface area (Å²) in [5.74, 6) is 0.224. The normalized spacial score (nSPS) is 14.9. The van der Waals surface area contributed by atoms with Crippen molar-refractivity contribution in [2.24, 2.45) is 5.92 Å². The predicted molar refractivity (Wildman–Crippen MR) is 101 cm³/mol. The average molecular weight is 388 g/mol. The zero-order valence-corrected chi connectivity index (χ0v) is 16.4. The third-order valence-electron chi connectivity index (χ3n) is 4.39. The Kier molecular flexibility index (Phi) is 6.88. The fraction of sp³-hybridized carbons (Fsp3) is 0.450. The first kappa shape index (κ1) is 21.1. The van der Waals surface area contributed by atoms with Gasteiger partial charge < -0.3 is 24.3 Å². The molecule has 1 aliphatic rings. The van der Waals surface area contributed by atoms with Crippen LogP contribution in [0.2, 0.25) is 0 Å². The number of carbonyl (C=O) groups excluding carboxylic acids is 2. The monoisotopic (exact) mass is 388 g/mol. The molecule has 0 aromatic heterocycles. The molecule has 0 saturated carbocycles. The Balaban J connectivity index is 1.95. The van der Waals surface area contributed by atoms with Crippen LogP contribution in [0, 0.1) is 17.2 Å². The number of carbonyl (C=O) groups is 2. The van der Waals surface area contributed by atoms with Gasteiger partial charge in [0.05, 0.1) is 13.2 Å². The fourth-order valence-corrected chi connectivity index (χ4v) is 2.37. The lowest BCUT2D eigenvalue weighted by molar-refractivity contribution is -0.144. The molecule has 0 saturated heterocycles. The number of nitrogens with one attached hydrogen (secondary N) is 1. The van der Waals surface area contributed by atoms with Crippen LogP contribution >= 0.6 is 0 Å². The molecule has 1 amide bonds. The summed E-state index contributed by atoms with van der Waals surface area (Å²) in [5, 5.41) is 11.8. The molecule has 0 spiro atoms. The number of amides is 1. The van der Waals surface area contributed by atoms with E-state index in [1.54, 1.807) is 19.1 Å². The molecule has 2 rings (SSSR count). The van der Waals surface area contributed by atoms with Crippen LogP contribution in [-0.2, 0) is 14.3 Å². The van der Waals surface area contributed by atoms with Gasteiger partial charge in [0.25, 0.3) is 5.91 Å². The van der Waals surface area contributed by atoms with Crippen LogP contribution in [0.1, 0.15) is 26.3 Å². The van der Waals surface area contributed by atoms with Crippen molar-refractivity contribution in [3.63, 3.8) is 0 Å². The van der Waals surface area contributed by atoms with Crippen molar-refractivity contribution in [1.29, 1.82) is 5.26 Å². The second kappa shape index (κ2) is 9.13. The summed E-state index contributed by atoms with van der Waals surface area (Å²) in [4.78, 5) is 23.8. The maximum atomic E-state index is 11.9. The van der Waals surface area contributed by atoms with E-state index >= 15 is 0 Å². The summed E-state index contributed by atoms with van der Waals surface area (Å²) in [6.07, 6.45) is 2.72. The number of esters is 1. The molecule has 8 nitrogen and oxygen atoms in total. The Labute approximate surface area is 164 Å². The quantitative estimate of drug-likeness (QED) is 0.563. The van der Waals surface area contributed by atoms with Gasteiger partial charge in [-0.2, -0.15) is 5.26 Å². The van der Waals surface area contributed by atoms with Crippen LogP contribution in [0.15, 0.2) is 18.2 Å². The highest BCUT2D eigenvalue weighted by Crippen LogP contribution is 2.40. The van der Waals surface area contributed by atoms with Crippen LogP contribution < -0.4 is 19.5 Å². The molecule has 1 aromatic rings. The third kappa shape index (κ3) is 5.16. The predicted octanol–water partition coefficient (Wildman–Crippen LogP) is 2.08. The van der Waals surface area contributed by atoms with E-state index in [0.717, 1.165) is 0 Å². The van der Waals surface area contributed by atoms with Gasteiger partial charge in [0.1, 0.15) is 18.8 Å². The number of nitrogens with zero attached hydrogens (tertiary/aromatic N) is 1. The smallest absolute Gasteiger partial charge is 0.331 e. The van der Waals surface area contributed by atoms with E-state index in [2.05, 4.69) is 11.4 Å². The van der Waals surface area contributed by atoms with Crippen molar-refractivity contribution in [1.82, 2.24) is 5.32 Å². The second-order valence-electron chi connectivity index (χ2n) is 6.71.